The van der Waals surface area contributed by atoms with Crippen LogP contribution in [-0.4, -0.2) is 0 Å². The third kappa shape index (κ3) is 1.24. The van der Waals surface area contributed by atoms with Crippen LogP contribution < -0.4 is 0 Å². The fourth-order valence-electron chi connectivity index (χ4n) is 2.00. The number of hydrogen-bond acceptors (Lipinski definition) is 1. The zero-order chi connectivity index (χ0) is 11.0. The fourth-order valence-corrected chi connectivity index (χ4v) is 2.00. The van der Waals surface area contributed by atoms with E-state index in [0.29, 0.717) is 0 Å². The fraction of sp³-hybridized carbons (Fsp3) is 0. The van der Waals surface area contributed by atoms with E-state index in [9.17, 15) is 0 Å². The largest absolute Gasteiger partial charge is 0.192 e. The molecule has 0 fully saturated rings. The van der Waals surface area contributed by atoms with Crippen LogP contribution in [0, 0.1) is 17.4 Å². The lowest BCUT2D eigenvalue weighted by Crippen LogP contribution is -1.80. The molecule has 16 heavy (non-hydrogen) atoms. The van der Waals surface area contributed by atoms with E-state index < -0.39 is 0 Å². The molecule has 0 aliphatic heterocycles. The second-order valence-corrected chi connectivity index (χ2v) is 3.76. The van der Waals surface area contributed by atoms with Gasteiger partial charge in [-0.2, -0.15) is 5.26 Å². The van der Waals surface area contributed by atoms with Crippen molar-refractivity contribution < 1.29 is 0 Å². The summed E-state index contributed by atoms with van der Waals surface area (Å²) >= 11 is 0. The highest BCUT2D eigenvalue weighted by atomic mass is 14.2. The minimum atomic E-state index is 0.725. The summed E-state index contributed by atoms with van der Waals surface area (Å²) in [5, 5.41) is 13.5. The summed E-state index contributed by atoms with van der Waals surface area (Å²) in [6, 6.07) is 21.1. The van der Waals surface area contributed by atoms with E-state index in [0.717, 1.165) is 21.7 Å². The van der Waals surface area contributed by atoms with Gasteiger partial charge in [-0.1, -0.05) is 24.3 Å². The zero-order valence-electron chi connectivity index (χ0n) is 8.57. The molecule has 73 valence electrons. The molecule has 0 unspecified atom stereocenters. The van der Waals surface area contributed by atoms with Gasteiger partial charge in [0.25, 0.3) is 0 Å². The SMILES string of the molecule is N#Cc1cccc2cc3cc[c]cc3cc12. The summed E-state index contributed by atoms with van der Waals surface area (Å²) < 4.78 is 0. The molecule has 0 heterocycles. The first kappa shape index (κ1) is 8.94. The Morgan fingerprint density at radius 2 is 1.94 bits per heavy atom. The molecule has 0 aliphatic carbocycles. The molecule has 3 aromatic rings. The molecule has 0 aromatic heterocycles. The number of hydrogen-bond donors (Lipinski definition) is 0. The van der Waals surface area contributed by atoms with Gasteiger partial charge in [-0.05, 0) is 46.5 Å². The highest BCUT2D eigenvalue weighted by molar-refractivity contribution is 6.00. The molecule has 3 aromatic carbocycles. The average Bonchev–Trinajstić information content (AvgIpc) is 2.35. The van der Waals surface area contributed by atoms with Crippen LogP contribution in [0.3, 0.4) is 0 Å². The van der Waals surface area contributed by atoms with Crippen LogP contribution in [-0.2, 0) is 0 Å². The standard InChI is InChI=1S/C15H8N/c16-10-14-7-3-6-13-8-11-4-1-2-5-12(11)9-15(13)14/h1,3-9H. The topological polar surface area (TPSA) is 23.8 Å². The van der Waals surface area contributed by atoms with E-state index in [1.54, 1.807) is 0 Å². The summed E-state index contributed by atoms with van der Waals surface area (Å²) in [6.07, 6.45) is 0. The van der Waals surface area contributed by atoms with Crippen LogP contribution in [0.5, 0.6) is 0 Å². The van der Waals surface area contributed by atoms with Crippen LogP contribution in [0.15, 0.2) is 48.5 Å². The molecular weight excluding hydrogens is 194 g/mol. The second kappa shape index (κ2) is 3.36. The van der Waals surface area contributed by atoms with Gasteiger partial charge in [-0.15, -0.1) is 0 Å². The number of fused-ring (bicyclic) bond motifs is 2. The Labute approximate surface area is 93.6 Å². The molecule has 0 bridgehead atoms. The van der Waals surface area contributed by atoms with E-state index in [1.165, 1.54) is 5.39 Å². The average molecular weight is 202 g/mol. The quantitative estimate of drug-likeness (QED) is 0.510. The number of nitrogens with zero attached hydrogens (tertiary/aromatic N) is 1. The van der Waals surface area contributed by atoms with Crippen LogP contribution in [0.4, 0.5) is 0 Å². The first-order chi connectivity index (χ1) is 7.88. The van der Waals surface area contributed by atoms with Gasteiger partial charge in [0.2, 0.25) is 0 Å². The van der Waals surface area contributed by atoms with Gasteiger partial charge >= 0.3 is 0 Å². The third-order valence-electron chi connectivity index (χ3n) is 2.80. The third-order valence-corrected chi connectivity index (χ3v) is 2.80. The summed E-state index contributed by atoms with van der Waals surface area (Å²) in [5.41, 5.74) is 0.725. The van der Waals surface area contributed by atoms with Crippen LogP contribution in [0.25, 0.3) is 21.5 Å². The lowest BCUT2D eigenvalue weighted by Gasteiger charge is -2.03. The van der Waals surface area contributed by atoms with Crippen molar-refractivity contribution in [2.45, 2.75) is 0 Å². The molecular formula is C15H8N. The van der Waals surface area contributed by atoms with Crippen molar-refractivity contribution in [2.75, 3.05) is 0 Å². The summed E-state index contributed by atoms with van der Waals surface area (Å²) in [6.45, 7) is 0. The van der Waals surface area contributed by atoms with Crippen molar-refractivity contribution in [3.8, 4) is 6.07 Å². The monoisotopic (exact) mass is 202 g/mol. The van der Waals surface area contributed by atoms with Gasteiger partial charge in [0.15, 0.2) is 0 Å². The minimum absolute atomic E-state index is 0.725. The molecule has 3 rings (SSSR count). The highest BCUT2D eigenvalue weighted by Gasteiger charge is 2.01. The first-order valence-corrected chi connectivity index (χ1v) is 5.11. The van der Waals surface area contributed by atoms with Crippen LogP contribution >= 0.6 is 0 Å². The first-order valence-electron chi connectivity index (χ1n) is 5.11. The molecule has 0 atom stereocenters. The van der Waals surface area contributed by atoms with Crippen molar-refractivity contribution in [3.05, 3.63) is 60.2 Å². The molecule has 1 nitrogen and oxygen atoms in total. The Morgan fingerprint density at radius 3 is 2.81 bits per heavy atom. The lowest BCUT2D eigenvalue weighted by molar-refractivity contribution is 1.50. The molecule has 1 radical (unpaired) electrons. The number of benzene rings is 3. The molecule has 0 spiro atoms. The predicted octanol–water partition coefficient (Wildman–Crippen LogP) is 3.66. The maximum Gasteiger partial charge on any atom is 0.0998 e. The molecule has 0 aliphatic rings. The maximum absolute atomic E-state index is 9.05. The Kier molecular flexibility index (Phi) is 1.88. The molecule has 0 N–H and O–H groups in total. The van der Waals surface area contributed by atoms with Crippen molar-refractivity contribution in [1.82, 2.24) is 0 Å². The smallest absolute Gasteiger partial charge is 0.0998 e. The van der Waals surface area contributed by atoms with Crippen molar-refractivity contribution in [1.29, 1.82) is 5.26 Å². The molecule has 0 amide bonds. The van der Waals surface area contributed by atoms with Gasteiger partial charge in [0, 0.05) is 5.39 Å². The van der Waals surface area contributed by atoms with E-state index in [2.05, 4.69) is 24.3 Å². The number of rotatable bonds is 0. The zero-order valence-corrected chi connectivity index (χ0v) is 8.57. The highest BCUT2D eigenvalue weighted by Crippen LogP contribution is 2.24. The Hall–Kier alpha value is -2.33. The van der Waals surface area contributed by atoms with Gasteiger partial charge in [-0.3, -0.25) is 0 Å². The van der Waals surface area contributed by atoms with Crippen molar-refractivity contribution >= 4 is 21.5 Å². The lowest BCUT2D eigenvalue weighted by atomic mass is 10.0. The second-order valence-electron chi connectivity index (χ2n) is 3.76. The summed E-state index contributed by atoms with van der Waals surface area (Å²) in [7, 11) is 0. The molecule has 0 saturated heterocycles. The van der Waals surface area contributed by atoms with Gasteiger partial charge in [-0.25, -0.2) is 0 Å². The normalized spacial score (nSPS) is 10.4. The van der Waals surface area contributed by atoms with E-state index in [-0.39, 0.29) is 0 Å². The number of nitriles is 1. The Morgan fingerprint density at radius 1 is 1.00 bits per heavy atom. The van der Waals surface area contributed by atoms with Crippen molar-refractivity contribution in [2.24, 2.45) is 0 Å². The molecule has 0 saturated carbocycles. The van der Waals surface area contributed by atoms with E-state index >= 15 is 0 Å². The van der Waals surface area contributed by atoms with Gasteiger partial charge in [0.05, 0.1) is 11.6 Å². The van der Waals surface area contributed by atoms with E-state index in [1.807, 2.05) is 36.4 Å². The maximum atomic E-state index is 9.05. The van der Waals surface area contributed by atoms with E-state index in [4.69, 9.17) is 5.26 Å². The van der Waals surface area contributed by atoms with Crippen molar-refractivity contribution in [3.63, 3.8) is 0 Å². The van der Waals surface area contributed by atoms with Crippen LogP contribution in [0.1, 0.15) is 5.56 Å². The summed E-state index contributed by atoms with van der Waals surface area (Å²) in [5.74, 6) is 0. The Bertz CT molecular complexity index is 720. The Balaban J connectivity index is 2.52. The predicted molar refractivity (Wildman–Crippen MR) is 65.0 cm³/mol. The minimum Gasteiger partial charge on any atom is -0.192 e. The summed E-state index contributed by atoms with van der Waals surface area (Å²) in [4.78, 5) is 0. The van der Waals surface area contributed by atoms with Gasteiger partial charge in [0.1, 0.15) is 0 Å². The molecule has 1 heteroatoms. The van der Waals surface area contributed by atoms with Gasteiger partial charge < -0.3 is 0 Å². The van der Waals surface area contributed by atoms with Crippen LogP contribution in [0.2, 0.25) is 0 Å².